The number of hydrogen-bond donors (Lipinski definition) is 2. The van der Waals surface area contributed by atoms with Gasteiger partial charge in [-0.15, -0.1) is 0 Å². The summed E-state index contributed by atoms with van der Waals surface area (Å²) in [5, 5.41) is 12.5. The molecule has 0 radical (unpaired) electrons. The molecule has 2 aromatic rings. The van der Waals surface area contributed by atoms with Crippen LogP contribution in [-0.2, 0) is 0 Å². The number of phenols is 1. The normalized spacial score (nSPS) is 17.5. The molecule has 1 aliphatic heterocycles. The Labute approximate surface area is 130 Å². The van der Waals surface area contributed by atoms with Crippen molar-refractivity contribution in [3.05, 3.63) is 54.1 Å². The van der Waals surface area contributed by atoms with Gasteiger partial charge in [0.2, 0.25) is 0 Å². The molecule has 3 rings (SSSR count). The van der Waals surface area contributed by atoms with Crippen LogP contribution in [0.5, 0.6) is 5.75 Å². The summed E-state index contributed by atoms with van der Waals surface area (Å²) in [7, 11) is 0. The summed E-state index contributed by atoms with van der Waals surface area (Å²) in [6.45, 7) is 4.44. The van der Waals surface area contributed by atoms with Crippen LogP contribution in [0.25, 0.3) is 0 Å². The number of rotatable bonds is 3. The summed E-state index contributed by atoms with van der Waals surface area (Å²) in [6.07, 6.45) is 1.23. The Morgan fingerprint density at radius 1 is 1.18 bits per heavy atom. The van der Waals surface area contributed by atoms with Crippen molar-refractivity contribution >= 4 is 17.3 Å². The van der Waals surface area contributed by atoms with Crippen LogP contribution in [0, 0.1) is 5.92 Å². The smallest absolute Gasteiger partial charge is 0.259 e. The van der Waals surface area contributed by atoms with Gasteiger partial charge in [0, 0.05) is 24.5 Å². The molecule has 22 heavy (non-hydrogen) atoms. The molecule has 1 amide bonds. The minimum atomic E-state index is -0.305. The number of carbonyl (C=O) groups excluding carboxylic acids is 1. The summed E-state index contributed by atoms with van der Waals surface area (Å²) >= 11 is 0. The Bertz CT molecular complexity index is 667. The number of para-hydroxylation sites is 1. The molecule has 1 fully saturated rings. The van der Waals surface area contributed by atoms with Crippen molar-refractivity contribution in [2.45, 2.75) is 13.3 Å². The van der Waals surface area contributed by atoms with Crippen LogP contribution < -0.4 is 10.2 Å². The number of amides is 1. The van der Waals surface area contributed by atoms with E-state index in [4.69, 9.17) is 0 Å². The van der Waals surface area contributed by atoms with E-state index in [1.165, 1.54) is 18.2 Å². The van der Waals surface area contributed by atoms with Crippen LogP contribution in [0.1, 0.15) is 23.7 Å². The number of anilines is 2. The third kappa shape index (κ3) is 3.06. The van der Waals surface area contributed by atoms with E-state index in [1.807, 2.05) is 24.3 Å². The van der Waals surface area contributed by atoms with E-state index in [0.29, 0.717) is 0 Å². The highest BCUT2D eigenvalue weighted by Crippen LogP contribution is 2.25. The van der Waals surface area contributed by atoms with Gasteiger partial charge >= 0.3 is 0 Å². The summed E-state index contributed by atoms with van der Waals surface area (Å²) in [6, 6.07) is 14.4. The van der Waals surface area contributed by atoms with Crippen molar-refractivity contribution in [1.82, 2.24) is 0 Å². The van der Waals surface area contributed by atoms with Crippen molar-refractivity contribution in [3.63, 3.8) is 0 Å². The molecule has 1 atom stereocenters. The van der Waals surface area contributed by atoms with Crippen LogP contribution in [0.3, 0.4) is 0 Å². The van der Waals surface area contributed by atoms with Gasteiger partial charge in [-0.3, -0.25) is 4.79 Å². The first kappa shape index (κ1) is 14.4. The lowest BCUT2D eigenvalue weighted by Crippen LogP contribution is -2.19. The molecular weight excluding hydrogens is 276 g/mol. The Kier molecular flexibility index (Phi) is 4.00. The first-order chi connectivity index (χ1) is 10.6. The summed E-state index contributed by atoms with van der Waals surface area (Å²) < 4.78 is 0. The van der Waals surface area contributed by atoms with Gasteiger partial charge in [-0.05, 0) is 48.7 Å². The number of phenolic OH excluding ortho intramolecular Hbond substituents is 1. The molecule has 4 nitrogen and oxygen atoms in total. The van der Waals surface area contributed by atoms with E-state index >= 15 is 0 Å². The van der Waals surface area contributed by atoms with Gasteiger partial charge < -0.3 is 15.3 Å². The van der Waals surface area contributed by atoms with Gasteiger partial charge in [-0.25, -0.2) is 0 Å². The molecule has 2 aromatic carbocycles. The molecular formula is C18H20N2O2. The number of carbonyl (C=O) groups is 1. The first-order valence-electron chi connectivity index (χ1n) is 7.58. The maximum atomic E-state index is 12.1. The van der Waals surface area contributed by atoms with Gasteiger partial charge in [0.05, 0.1) is 5.56 Å². The lowest BCUT2D eigenvalue weighted by atomic mass is 10.2. The van der Waals surface area contributed by atoms with Gasteiger partial charge in [-0.1, -0.05) is 19.1 Å². The molecule has 0 bridgehead atoms. The molecule has 0 aliphatic carbocycles. The van der Waals surface area contributed by atoms with E-state index in [0.717, 1.165) is 24.7 Å². The Morgan fingerprint density at radius 3 is 2.55 bits per heavy atom. The van der Waals surface area contributed by atoms with Gasteiger partial charge in [0.25, 0.3) is 5.91 Å². The lowest BCUT2D eigenvalue weighted by molar-refractivity contribution is 0.102. The number of nitrogens with one attached hydrogen (secondary N) is 1. The summed E-state index contributed by atoms with van der Waals surface area (Å²) in [4.78, 5) is 14.5. The Balaban J connectivity index is 1.69. The van der Waals surface area contributed by atoms with Crippen molar-refractivity contribution < 1.29 is 9.90 Å². The number of hydrogen-bond acceptors (Lipinski definition) is 3. The third-order valence-electron chi connectivity index (χ3n) is 4.06. The molecule has 0 spiro atoms. The second kappa shape index (κ2) is 6.10. The molecule has 1 heterocycles. The minimum absolute atomic E-state index is 0.0114. The quantitative estimate of drug-likeness (QED) is 0.911. The monoisotopic (exact) mass is 296 g/mol. The fourth-order valence-corrected chi connectivity index (χ4v) is 2.79. The van der Waals surface area contributed by atoms with Crippen molar-refractivity contribution in [1.29, 1.82) is 0 Å². The topological polar surface area (TPSA) is 52.6 Å². The van der Waals surface area contributed by atoms with Crippen molar-refractivity contribution in [2.75, 3.05) is 23.3 Å². The van der Waals surface area contributed by atoms with Gasteiger partial charge in [0.1, 0.15) is 5.75 Å². The van der Waals surface area contributed by atoms with Crippen molar-refractivity contribution in [3.8, 4) is 5.75 Å². The second-order valence-electron chi connectivity index (χ2n) is 5.86. The minimum Gasteiger partial charge on any atom is -0.507 e. The van der Waals surface area contributed by atoms with E-state index in [1.54, 1.807) is 18.2 Å². The largest absolute Gasteiger partial charge is 0.507 e. The zero-order valence-corrected chi connectivity index (χ0v) is 12.6. The highest BCUT2D eigenvalue weighted by molar-refractivity contribution is 6.06. The predicted molar refractivity (Wildman–Crippen MR) is 88.5 cm³/mol. The van der Waals surface area contributed by atoms with Crippen molar-refractivity contribution in [2.24, 2.45) is 5.92 Å². The molecule has 0 aromatic heterocycles. The maximum absolute atomic E-state index is 12.1. The second-order valence-corrected chi connectivity index (χ2v) is 5.86. The Morgan fingerprint density at radius 2 is 1.91 bits per heavy atom. The molecule has 1 aliphatic rings. The molecule has 1 unspecified atom stereocenters. The summed E-state index contributed by atoms with van der Waals surface area (Å²) in [5.74, 6) is 0.420. The molecule has 114 valence electrons. The highest BCUT2D eigenvalue weighted by Gasteiger charge is 2.18. The van der Waals surface area contributed by atoms with Crippen LogP contribution in [-0.4, -0.2) is 24.1 Å². The number of benzene rings is 2. The van der Waals surface area contributed by atoms with E-state index in [-0.39, 0.29) is 17.2 Å². The van der Waals surface area contributed by atoms with Crippen LogP contribution in [0.2, 0.25) is 0 Å². The van der Waals surface area contributed by atoms with Crippen LogP contribution >= 0.6 is 0 Å². The van der Waals surface area contributed by atoms with Gasteiger partial charge in [0.15, 0.2) is 0 Å². The molecule has 1 saturated heterocycles. The standard InChI is InChI=1S/C18H20N2O2/c1-13-10-11-20(12-13)15-8-6-14(7-9-15)19-18(22)16-4-2-3-5-17(16)21/h2-9,13,21H,10-12H2,1H3,(H,19,22). The number of nitrogens with zero attached hydrogens (tertiary/aromatic N) is 1. The zero-order valence-electron chi connectivity index (χ0n) is 12.6. The zero-order chi connectivity index (χ0) is 15.5. The summed E-state index contributed by atoms with van der Waals surface area (Å²) in [5.41, 5.74) is 2.19. The Hall–Kier alpha value is -2.49. The van der Waals surface area contributed by atoms with Crippen LogP contribution in [0.4, 0.5) is 11.4 Å². The fraction of sp³-hybridized carbons (Fsp3) is 0.278. The maximum Gasteiger partial charge on any atom is 0.259 e. The average Bonchev–Trinajstić information content (AvgIpc) is 2.95. The molecule has 0 saturated carbocycles. The van der Waals surface area contributed by atoms with E-state index < -0.39 is 0 Å². The molecule has 4 heteroatoms. The first-order valence-corrected chi connectivity index (χ1v) is 7.58. The third-order valence-corrected chi connectivity index (χ3v) is 4.06. The molecule has 2 N–H and O–H groups in total. The number of aromatic hydroxyl groups is 1. The van der Waals surface area contributed by atoms with E-state index in [9.17, 15) is 9.90 Å². The van der Waals surface area contributed by atoms with Gasteiger partial charge in [-0.2, -0.15) is 0 Å². The average molecular weight is 296 g/mol. The fourth-order valence-electron chi connectivity index (χ4n) is 2.79. The lowest BCUT2D eigenvalue weighted by Gasteiger charge is -2.18. The van der Waals surface area contributed by atoms with E-state index in [2.05, 4.69) is 17.1 Å². The SMILES string of the molecule is CC1CCN(c2ccc(NC(=O)c3ccccc3O)cc2)C1. The van der Waals surface area contributed by atoms with Crippen LogP contribution in [0.15, 0.2) is 48.5 Å². The predicted octanol–water partition coefficient (Wildman–Crippen LogP) is 3.49. The highest BCUT2D eigenvalue weighted by atomic mass is 16.3.